The Labute approximate surface area is 180 Å². The van der Waals surface area contributed by atoms with Crippen molar-refractivity contribution in [1.82, 2.24) is 4.98 Å². The average molecular weight is 449 g/mol. The first-order chi connectivity index (χ1) is 14.9. The van der Waals surface area contributed by atoms with Crippen LogP contribution in [0.2, 0.25) is 0 Å². The van der Waals surface area contributed by atoms with Crippen LogP contribution in [0.15, 0.2) is 46.9 Å². The van der Waals surface area contributed by atoms with Crippen molar-refractivity contribution < 1.29 is 27.4 Å². The van der Waals surface area contributed by atoms with Gasteiger partial charge in [-0.3, -0.25) is 10.2 Å². The second kappa shape index (κ2) is 10.6. The van der Waals surface area contributed by atoms with E-state index < -0.39 is 17.5 Å². The first kappa shape index (κ1) is 22.3. The Morgan fingerprint density at radius 1 is 1.19 bits per heavy atom. The lowest BCUT2D eigenvalue weighted by Gasteiger charge is -2.09. The van der Waals surface area contributed by atoms with Gasteiger partial charge in [-0.05, 0) is 36.8 Å². The Balaban J connectivity index is 1.63. The van der Waals surface area contributed by atoms with Crippen LogP contribution < -0.4 is 10.2 Å². The molecule has 0 aliphatic heterocycles. The molecule has 2 aromatic carbocycles. The Morgan fingerprint density at radius 2 is 2.03 bits per heavy atom. The molecule has 0 atom stereocenters. The summed E-state index contributed by atoms with van der Waals surface area (Å²) in [6.07, 6.45) is 1.47. The van der Waals surface area contributed by atoms with Gasteiger partial charge >= 0.3 is 5.97 Å². The lowest BCUT2D eigenvalue weighted by atomic mass is 10.2. The number of hydrogen-bond donors (Lipinski definition) is 1. The molecule has 0 fully saturated rings. The summed E-state index contributed by atoms with van der Waals surface area (Å²) in [7, 11) is 0. The first-order valence-electron chi connectivity index (χ1n) is 9.20. The minimum absolute atomic E-state index is 0.0651. The summed E-state index contributed by atoms with van der Waals surface area (Å²) in [6, 6.07) is 7.27. The van der Waals surface area contributed by atoms with Crippen molar-refractivity contribution in [3.63, 3.8) is 0 Å². The van der Waals surface area contributed by atoms with E-state index in [1.807, 2.05) is 0 Å². The van der Waals surface area contributed by atoms with Crippen LogP contribution in [0, 0.1) is 17.5 Å². The van der Waals surface area contributed by atoms with Crippen molar-refractivity contribution in [1.29, 1.82) is 0 Å². The molecule has 0 unspecified atom stereocenters. The molecule has 3 rings (SSSR count). The molecule has 0 radical (unpaired) electrons. The van der Waals surface area contributed by atoms with Crippen molar-refractivity contribution >= 4 is 28.7 Å². The van der Waals surface area contributed by atoms with Crippen LogP contribution in [0.25, 0.3) is 0 Å². The summed E-state index contributed by atoms with van der Waals surface area (Å²) in [5.41, 5.74) is 4.13. The Hall–Kier alpha value is -3.40. The van der Waals surface area contributed by atoms with E-state index in [1.165, 1.54) is 41.8 Å². The molecular weight excluding hydrogens is 431 g/mol. The minimum Gasteiger partial charge on any atom is -0.488 e. The average Bonchev–Trinajstić information content (AvgIpc) is 3.17. The zero-order valence-electron chi connectivity index (χ0n) is 16.4. The van der Waals surface area contributed by atoms with Gasteiger partial charge in [-0.1, -0.05) is 6.07 Å². The zero-order valence-corrected chi connectivity index (χ0v) is 17.2. The highest BCUT2D eigenvalue weighted by Crippen LogP contribution is 2.21. The third-order valence-electron chi connectivity index (χ3n) is 3.90. The fraction of sp³-hybridized carbons (Fsp3) is 0.190. The number of ether oxygens (including phenoxy) is 2. The predicted molar refractivity (Wildman–Crippen MR) is 111 cm³/mol. The molecule has 0 bridgehead atoms. The largest absolute Gasteiger partial charge is 0.488 e. The number of anilines is 1. The standard InChI is InChI=1S/C21H18F3N3O3S/c1-2-29-20(28)9-16-12-31-21(26-16)27-25-10-14-4-5-15(22)8-19(14)30-11-13-3-6-17(23)18(24)7-13/h3-8,10,12H,2,9,11H2,1H3,(H,26,27). The van der Waals surface area contributed by atoms with Crippen LogP contribution in [0.4, 0.5) is 18.3 Å². The van der Waals surface area contributed by atoms with Gasteiger partial charge in [0.05, 0.1) is 24.9 Å². The van der Waals surface area contributed by atoms with Gasteiger partial charge in [0, 0.05) is 17.0 Å². The fourth-order valence-electron chi connectivity index (χ4n) is 2.49. The number of nitrogens with zero attached hydrogens (tertiary/aromatic N) is 2. The summed E-state index contributed by atoms with van der Waals surface area (Å²) >= 11 is 1.26. The van der Waals surface area contributed by atoms with E-state index >= 15 is 0 Å². The molecule has 0 spiro atoms. The Morgan fingerprint density at radius 3 is 2.81 bits per heavy atom. The van der Waals surface area contributed by atoms with E-state index in [4.69, 9.17) is 9.47 Å². The van der Waals surface area contributed by atoms with E-state index in [0.29, 0.717) is 28.6 Å². The molecular formula is C21H18F3N3O3S. The lowest BCUT2D eigenvalue weighted by molar-refractivity contribution is -0.142. The second-order valence-electron chi connectivity index (χ2n) is 6.22. The maximum Gasteiger partial charge on any atom is 0.311 e. The number of nitrogens with one attached hydrogen (secondary N) is 1. The number of rotatable bonds is 9. The van der Waals surface area contributed by atoms with Crippen LogP contribution in [0.5, 0.6) is 5.75 Å². The molecule has 162 valence electrons. The number of aromatic nitrogens is 1. The molecule has 31 heavy (non-hydrogen) atoms. The third-order valence-corrected chi connectivity index (χ3v) is 4.70. The van der Waals surface area contributed by atoms with Gasteiger partial charge in [0.15, 0.2) is 11.6 Å². The van der Waals surface area contributed by atoms with E-state index in [-0.39, 0.29) is 24.7 Å². The van der Waals surface area contributed by atoms with E-state index in [2.05, 4.69) is 15.5 Å². The summed E-state index contributed by atoms with van der Waals surface area (Å²) in [5.74, 6) is -2.65. The lowest BCUT2D eigenvalue weighted by Crippen LogP contribution is -2.07. The summed E-state index contributed by atoms with van der Waals surface area (Å²) in [5, 5.41) is 6.23. The van der Waals surface area contributed by atoms with Crippen molar-refractivity contribution in [2.75, 3.05) is 12.0 Å². The molecule has 0 aliphatic carbocycles. The number of thiazole rings is 1. The highest BCUT2D eigenvalue weighted by molar-refractivity contribution is 7.13. The summed E-state index contributed by atoms with van der Waals surface area (Å²) in [6.45, 7) is 1.95. The van der Waals surface area contributed by atoms with Gasteiger partial charge in [-0.15, -0.1) is 11.3 Å². The molecule has 0 aliphatic rings. The second-order valence-corrected chi connectivity index (χ2v) is 7.07. The highest BCUT2D eigenvalue weighted by atomic mass is 32.1. The van der Waals surface area contributed by atoms with Gasteiger partial charge in [-0.25, -0.2) is 18.2 Å². The molecule has 10 heteroatoms. The number of hydrazone groups is 1. The minimum atomic E-state index is -0.989. The molecule has 0 amide bonds. The number of halogens is 3. The molecule has 6 nitrogen and oxygen atoms in total. The number of carbonyl (C=O) groups excluding carboxylic acids is 1. The Kier molecular flexibility index (Phi) is 7.60. The van der Waals surface area contributed by atoms with E-state index in [9.17, 15) is 18.0 Å². The molecule has 0 saturated carbocycles. The van der Waals surface area contributed by atoms with Gasteiger partial charge in [-0.2, -0.15) is 5.10 Å². The van der Waals surface area contributed by atoms with Crippen molar-refractivity contribution in [3.05, 3.63) is 76.1 Å². The number of benzene rings is 2. The summed E-state index contributed by atoms with van der Waals surface area (Å²) in [4.78, 5) is 15.7. The fourth-order valence-corrected chi connectivity index (χ4v) is 3.15. The first-order valence-corrected chi connectivity index (χ1v) is 10.1. The van der Waals surface area contributed by atoms with Gasteiger partial charge in [0.25, 0.3) is 0 Å². The van der Waals surface area contributed by atoms with Crippen molar-refractivity contribution in [2.45, 2.75) is 20.0 Å². The molecule has 1 N–H and O–H groups in total. The van der Waals surface area contributed by atoms with Crippen molar-refractivity contribution in [3.8, 4) is 5.75 Å². The summed E-state index contributed by atoms with van der Waals surface area (Å²) < 4.78 is 50.5. The van der Waals surface area contributed by atoms with Crippen LogP contribution in [-0.2, 0) is 22.6 Å². The predicted octanol–water partition coefficient (Wildman–Crippen LogP) is 4.69. The smallest absolute Gasteiger partial charge is 0.311 e. The highest BCUT2D eigenvalue weighted by Gasteiger charge is 2.09. The molecule has 0 saturated heterocycles. The zero-order chi connectivity index (χ0) is 22.2. The molecule has 1 heterocycles. The Bertz CT molecular complexity index is 1090. The molecule has 3 aromatic rings. The quantitative estimate of drug-likeness (QED) is 0.292. The SMILES string of the molecule is CCOC(=O)Cc1csc(NN=Cc2ccc(F)cc2OCc2ccc(F)c(F)c2)n1. The van der Waals surface area contributed by atoms with Crippen LogP contribution >= 0.6 is 11.3 Å². The maximum absolute atomic E-state index is 13.6. The number of esters is 1. The van der Waals surface area contributed by atoms with Crippen LogP contribution in [0.1, 0.15) is 23.7 Å². The number of carbonyl (C=O) groups is 1. The van der Waals surface area contributed by atoms with E-state index in [1.54, 1.807) is 12.3 Å². The van der Waals surface area contributed by atoms with Crippen LogP contribution in [0.3, 0.4) is 0 Å². The van der Waals surface area contributed by atoms with Crippen molar-refractivity contribution in [2.24, 2.45) is 5.10 Å². The van der Waals surface area contributed by atoms with Crippen LogP contribution in [-0.4, -0.2) is 23.8 Å². The molecule has 1 aromatic heterocycles. The maximum atomic E-state index is 13.6. The van der Waals surface area contributed by atoms with Gasteiger partial charge < -0.3 is 9.47 Å². The monoisotopic (exact) mass is 449 g/mol. The third kappa shape index (κ3) is 6.54. The van der Waals surface area contributed by atoms with Gasteiger partial charge in [0.2, 0.25) is 5.13 Å². The number of hydrogen-bond acceptors (Lipinski definition) is 7. The normalized spacial score (nSPS) is 11.0. The van der Waals surface area contributed by atoms with Gasteiger partial charge in [0.1, 0.15) is 18.2 Å². The topological polar surface area (TPSA) is 72.8 Å². The van der Waals surface area contributed by atoms with E-state index in [0.717, 1.165) is 12.1 Å².